The molecule has 0 spiro atoms. The molecule has 5 nitrogen and oxygen atoms in total. The molecule has 1 aromatic carbocycles. The molecule has 0 atom stereocenters. The monoisotopic (exact) mass is 276 g/mol. The molecule has 0 aliphatic carbocycles. The van der Waals surface area contributed by atoms with Gasteiger partial charge in [-0.05, 0) is 17.7 Å². The van der Waals surface area contributed by atoms with Gasteiger partial charge in [0.2, 0.25) is 0 Å². The summed E-state index contributed by atoms with van der Waals surface area (Å²) in [6.45, 7) is 1.92. The van der Waals surface area contributed by atoms with Gasteiger partial charge in [-0.25, -0.2) is 0 Å². The molecule has 1 aliphatic rings. The van der Waals surface area contributed by atoms with Gasteiger partial charge in [0.05, 0.1) is 6.54 Å². The van der Waals surface area contributed by atoms with Crippen LogP contribution in [0.5, 0.6) is 0 Å². The van der Waals surface area contributed by atoms with Crippen molar-refractivity contribution in [3.8, 4) is 0 Å². The van der Waals surface area contributed by atoms with Crippen molar-refractivity contribution in [1.82, 2.24) is 19.7 Å². The Balaban J connectivity index is 1.81. The first-order valence-electron chi connectivity index (χ1n) is 6.09. The topological polar surface area (TPSA) is 51.0 Å². The summed E-state index contributed by atoms with van der Waals surface area (Å²) >= 11 is 5.80. The minimum absolute atomic E-state index is 0.0150. The third kappa shape index (κ3) is 2.33. The van der Waals surface area contributed by atoms with Crippen LogP contribution in [0.1, 0.15) is 21.7 Å². The van der Waals surface area contributed by atoms with Crippen LogP contribution < -0.4 is 0 Å². The molecule has 19 heavy (non-hydrogen) atoms. The largest absolute Gasteiger partial charge is 0.329 e. The highest BCUT2D eigenvalue weighted by atomic mass is 35.5. The molecule has 0 unspecified atom stereocenters. The van der Waals surface area contributed by atoms with E-state index in [1.165, 1.54) is 0 Å². The summed E-state index contributed by atoms with van der Waals surface area (Å²) in [5.41, 5.74) is 1.62. The zero-order valence-corrected chi connectivity index (χ0v) is 11.0. The summed E-state index contributed by atoms with van der Waals surface area (Å²) in [4.78, 5) is 14.2. The van der Waals surface area contributed by atoms with Crippen LogP contribution in [0, 0.1) is 0 Å². The number of nitrogens with zero attached hydrogens (tertiary/aromatic N) is 4. The Labute approximate surface area is 115 Å². The molecule has 2 aromatic rings. The highest BCUT2D eigenvalue weighted by molar-refractivity contribution is 6.17. The van der Waals surface area contributed by atoms with Gasteiger partial charge in [0, 0.05) is 24.5 Å². The van der Waals surface area contributed by atoms with E-state index in [2.05, 4.69) is 10.2 Å². The average Bonchev–Trinajstić information content (AvgIpc) is 2.94. The average molecular weight is 277 g/mol. The smallest absolute Gasteiger partial charge is 0.254 e. The van der Waals surface area contributed by atoms with Crippen molar-refractivity contribution in [2.45, 2.75) is 19.0 Å². The molecular weight excluding hydrogens is 264 g/mol. The first kappa shape index (κ1) is 12.2. The molecule has 0 fully saturated rings. The number of carbonyl (C=O) groups excluding carboxylic acids is 1. The van der Waals surface area contributed by atoms with E-state index in [0.29, 0.717) is 24.5 Å². The van der Waals surface area contributed by atoms with Gasteiger partial charge in [-0.3, -0.25) is 4.79 Å². The zero-order chi connectivity index (χ0) is 13.2. The minimum Gasteiger partial charge on any atom is -0.329 e. The van der Waals surface area contributed by atoms with E-state index < -0.39 is 0 Å². The van der Waals surface area contributed by atoms with Crippen LogP contribution in [0.2, 0.25) is 0 Å². The van der Waals surface area contributed by atoms with E-state index >= 15 is 0 Å². The van der Waals surface area contributed by atoms with Crippen molar-refractivity contribution >= 4 is 17.5 Å². The summed E-state index contributed by atoms with van der Waals surface area (Å²) in [6, 6.07) is 7.43. The number of alkyl halides is 1. The van der Waals surface area contributed by atoms with Gasteiger partial charge in [-0.1, -0.05) is 12.1 Å². The molecular formula is C13H13ClN4O. The third-order valence-corrected chi connectivity index (χ3v) is 3.56. The molecule has 0 bridgehead atoms. The van der Waals surface area contributed by atoms with Crippen LogP contribution in [-0.4, -0.2) is 32.1 Å². The van der Waals surface area contributed by atoms with Gasteiger partial charge in [0.25, 0.3) is 5.91 Å². The lowest BCUT2D eigenvalue weighted by atomic mass is 10.1. The maximum atomic E-state index is 12.4. The number of hydrogen-bond acceptors (Lipinski definition) is 3. The molecule has 2 heterocycles. The van der Waals surface area contributed by atoms with Gasteiger partial charge in [0.1, 0.15) is 6.33 Å². The fourth-order valence-corrected chi connectivity index (χ4v) is 2.38. The Kier molecular flexibility index (Phi) is 3.21. The summed E-state index contributed by atoms with van der Waals surface area (Å²) in [7, 11) is 0. The normalized spacial score (nSPS) is 14.3. The number of benzene rings is 1. The summed E-state index contributed by atoms with van der Waals surface area (Å²) in [5, 5.41) is 7.87. The predicted octanol–water partition coefficient (Wildman–Crippen LogP) is 1.67. The highest BCUT2D eigenvalue weighted by Crippen LogP contribution is 2.15. The Hall–Kier alpha value is -1.88. The van der Waals surface area contributed by atoms with E-state index in [1.54, 1.807) is 11.2 Å². The quantitative estimate of drug-likeness (QED) is 0.784. The van der Waals surface area contributed by atoms with Crippen LogP contribution in [0.25, 0.3) is 0 Å². The van der Waals surface area contributed by atoms with Gasteiger partial charge in [0.15, 0.2) is 5.82 Å². The summed E-state index contributed by atoms with van der Waals surface area (Å²) in [6.07, 6.45) is 1.70. The Morgan fingerprint density at radius 1 is 1.37 bits per heavy atom. The van der Waals surface area contributed by atoms with Crippen molar-refractivity contribution in [1.29, 1.82) is 0 Å². The third-order valence-electron chi connectivity index (χ3n) is 3.25. The van der Waals surface area contributed by atoms with Crippen molar-refractivity contribution in [2.24, 2.45) is 0 Å². The van der Waals surface area contributed by atoms with E-state index in [4.69, 9.17) is 11.6 Å². The lowest BCUT2D eigenvalue weighted by Crippen LogP contribution is -2.38. The maximum absolute atomic E-state index is 12.4. The van der Waals surface area contributed by atoms with Crippen LogP contribution in [0.4, 0.5) is 0 Å². The van der Waals surface area contributed by atoms with E-state index in [-0.39, 0.29) is 5.91 Å². The van der Waals surface area contributed by atoms with Crippen molar-refractivity contribution < 1.29 is 4.79 Å². The maximum Gasteiger partial charge on any atom is 0.254 e. The number of carbonyl (C=O) groups is 1. The zero-order valence-electron chi connectivity index (χ0n) is 10.3. The first-order chi connectivity index (χ1) is 9.28. The van der Waals surface area contributed by atoms with Gasteiger partial charge >= 0.3 is 0 Å². The highest BCUT2D eigenvalue weighted by Gasteiger charge is 2.22. The fraction of sp³-hybridized carbons (Fsp3) is 0.308. The molecule has 98 valence electrons. The SMILES string of the molecule is O=C(c1cccc(CCl)c1)N1CCn2cnnc2C1. The molecule has 6 heteroatoms. The molecule has 3 rings (SSSR count). The van der Waals surface area contributed by atoms with Crippen molar-refractivity contribution in [3.05, 3.63) is 47.5 Å². The lowest BCUT2D eigenvalue weighted by Gasteiger charge is -2.27. The number of hydrogen-bond donors (Lipinski definition) is 0. The molecule has 0 N–H and O–H groups in total. The molecule has 1 aliphatic heterocycles. The first-order valence-corrected chi connectivity index (χ1v) is 6.62. The van der Waals surface area contributed by atoms with Crippen molar-refractivity contribution in [3.63, 3.8) is 0 Å². The van der Waals surface area contributed by atoms with E-state index in [9.17, 15) is 4.79 Å². The van der Waals surface area contributed by atoms with Crippen LogP contribution in [-0.2, 0) is 19.0 Å². The second-order valence-electron chi connectivity index (χ2n) is 4.50. The standard InChI is InChI=1S/C13H13ClN4O/c14-7-10-2-1-3-11(6-10)13(19)17-4-5-18-9-15-16-12(18)8-17/h1-3,6,9H,4-5,7-8H2. The Morgan fingerprint density at radius 2 is 2.26 bits per heavy atom. The number of aromatic nitrogens is 3. The second kappa shape index (κ2) is 5.01. The minimum atomic E-state index is 0.0150. The van der Waals surface area contributed by atoms with Crippen LogP contribution in [0.3, 0.4) is 0 Å². The summed E-state index contributed by atoms with van der Waals surface area (Å²) < 4.78 is 1.97. The number of amides is 1. The number of rotatable bonds is 2. The fourth-order valence-electron chi connectivity index (χ4n) is 2.21. The molecule has 0 saturated carbocycles. The number of halogens is 1. The number of fused-ring (bicyclic) bond motifs is 1. The molecule has 1 aromatic heterocycles. The molecule has 0 saturated heterocycles. The Bertz CT molecular complexity index is 610. The van der Waals surface area contributed by atoms with E-state index in [0.717, 1.165) is 17.9 Å². The second-order valence-corrected chi connectivity index (χ2v) is 4.77. The Morgan fingerprint density at radius 3 is 3.11 bits per heavy atom. The van der Waals surface area contributed by atoms with E-state index in [1.807, 2.05) is 28.8 Å². The lowest BCUT2D eigenvalue weighted by molar-refractivity contribution is 0.0707. The summed E-state index contributed by atoms with van der Waals surface area (Å²) in [5.74, 6) is 1.25. The van der Waals surface area contributed by atoms with Crippen LogP contribution in [0.15, 0.2) is 30.6 Å². The van der Waals surface area contributed by atoms with Gasteiger partial charge < -0.3 is 9.47 Å². The molecule has 0 radical (unpaired) electrons. The van der Waals surface area contributed by atoms with Crippen LogP contribution >= 0.6 is 11.6 Å². The van der Waals surface area contributed by atoms with Gasteiger partial charge in [-0.15, -0.1) is 21.8 Å². The van der Waals surface area contributed by atoms with Crippen molar-refractivity contribution in [2.75, 3.05) is 6.54 Å². The van der Waals surface area contributed by atoms with Gasteiger partial charge in [-0.2, -0.15) is 0 Å². The predicted molar refractivity (Wildman–Crippen MR) is 70.8 cm³/mol. The molecule has 1 amide bonds.